The molecule has 1 amide bonds. The van der Waals surface area contributed by atoms with Gasteiger partial charge in [-0.1, -0.05) is 30.3 Å². The maximum Gasteiger partial charge on any atom is 0.328 e. The van der Waals surface area contributed by atoms with Crippen molar-refractivity contribution in [2.45, 2.75) is 18.9 Å². The van der Waals surface area contributed by atoms with E-state index in [-0.39, 0.29) is 30.1 Å². The molecule has 2 aromatic rings. The van der Waals surface area contributed by atoms with Crippen molar-refractivity contribution in [3.63, 3.8) is 0 Å². The summed E-state index contributed by atoms with van der Waals surface area (Å²) in [5.74, 6) is -0.937. The number of hydrogen-bond acceptors (Lipinski definition) is 6. The van der Waals surface area contributed by atoms with E-state index in [9.17, 15) is 14.7 Å². The van der Waals surface area contributed by atoms with Gasteiger partial charge < -0.3 is 25.6 Å². The molecule has 0 aliphatic heterocycles. The molecule has 0 unspecified atom stereocenters. The van der Waals surface area contributed by atoms with Gasteiger partial charge in [-0.25, -0.2) is 4.79 Å². The van der Waals surface area contributed by atoms with Crippen molar-refractivity contribution in [3.8, 4) is 11.5 Å². The lowest BCUT2D eigenvalue weighted by molar-refractivity contribution is -0.142. The van der Waals surface area contributed by atoms with Gasteiger partial charge in [0.05, 0.1) is 19.3 Å². The molecule has 0 saturated carbocycles. The van der Waals surface area contributed by atoms with Crippen molar-refractivity contribution in [3.05, 3.63) is 59.7 Å². The largest absolute Gasteiger partial charge is 0.507 e. The predicted octanol–water partition coefficient (Wildman–Crippen LogP) is 2.06. The fourth-order valence-electron chi connectivity index (χ4n) is 2.49. The Hall–Kier alpha value is -2.77. The zero-order valence-electron chi connectivity index (χ0n) is 15.6. The van der Waals surface area contributed by atoms with Crippen molar-refractivity contribution in [2.24, 2.45) is 5.73 Å². The van der Waals surface area contributed by atoms with Gasteiger partial charge in [-0.2, -0.15) is 0 Å². The Balaban J connectivity index is 0.00000392. The van der Waals surface area contributed by atoms with Crippen molar-refractivity contribution in [1.29, 1.82) is 0 Å². The van der Waals surface area contributed by atoms with Crippen LogP contribution in [0.5, 0.6) is 11.5 Å². The Morgan fingerprint density at radius 3 is 2.50 bits per heavy atom. The first-order chi connectivity index (χ1) is 13.0. The van der Waals surface area contributed by atoms with E-state index in [1.54, 1.807) is 6.07 Å². The Morgan fingerprint density at radius 2 is 1.89 bits per heavy atom. The predicted molar refractivity (Wildman–Crippen MR) is 108 cm³/mol. The Morgan fingerprint density at radius 1 is 1.18 bits per heavy atom. The monoisotopic (exact) mass is 408 g/mol. The van der Waals surface area contributed by atoms with E-state index >= 15 is 0 Å². The summed E-state index contributed by atoms with van der Waals surface area (Å²) in [5, 5.41) is 12.7. The Kier molecular flexibility index (Phi) is 9.84. The number of rotatable bonds is 9. The van der Waals surface area contributed by atoms with Gasteiger partial charge in [0.25, 0.3) is 5.91 Å². The first kappa shape index (κ1) is 23.3. The van der Waals surface area contributed by atoms with Crippen molar-refractivity contribution < 1.29 is 24.2 Å². The highest BCUT2D eigenvalue weighted by Crippen LogP contribution is 2.24. The topological polar surface area (TPSA) is 111 Å². The number of aromatic hydroxyl groups is 1. The summed E-state index contributed by atoms with van der Waals surface area (Å²) in [5.41, 5.74) is 6.32. The van der Waals surface area contributed by atoms with Crippen LogP contribution >= 0.6 is 12.4 Å². The summed E-state index contributed by atoms with van der Waals surface area (Å²) < 4.78 is 10.2. The van der Waals surface area contributed by atoms with Crippen LogP contribution in [0.1, 0.15) is 22.3 Å². The van der Waals surface area contributed by atoms with Crippen LogP contribution in [0.3, 0.4) is 0 Å². The highest BCUT2D eigenvalue weighted by molar-refractivity contribution is 5.99. The molecule has 152 valence electrons. The number of amides is 1. The average Bonchev–Trinajstić information content (AvgIpc) is 2.68. The minimum absolute atomic E-state index is 0. The van der Waals surface area contributed by atoms with E-state index in [0.29, 0.717) is 25.3 Å². The highest BCUT2D eigenvalue weighted by Gasteiger charge is 2.24. The van der Waals surface area contributed by atoms with Crippen LogP contribution in [0.2, 0.25) is 0 Å². The van der Waals surface area contributed by atoms with E-state index in [1.165, 1.54) is 19.2 Å². The molecule has 0 bridgehead atoms. The zero-order valence-corrected chi connectivity index (χ0v) is 16.4. The van der Waals surface area contributed by atoms with Gasteiger partial charge in [0, 0.05) is 12.5 Å². The third kappa shape index (κ3) is 6.75. The number of nitrogens with one attached hydrogen (secondary N) is 1. The SMILES string of the molecule is COC(=O)[C@H](Cc1ccccc1)NC(=O)c1ccc(OCCCN)cc1O.Cl. The molecular weight excluding hydrogens is 384 g/mol. The molecule has 0 aromatic heterocycles. The van der Waals surface area contributed by atoms with Crippen LogP contribution in [-0.4, -0.2) is 43.3 Å². The molecule has 0 spiro atoms. The summed E-state index contributed by atoms with van der Waals surface area (Å²) in [6.07, 6.45) is 0.962. The summed E-state index contributed by atoms with van der Waals surface area (Å²) >= 11 is 0. The van der Waals surface area contributed by atoms with Crippen molar-refractivity contribution in [2.75, 3.05) is 20.3 Å². The number of methoxy groups -OCH3 is 1. The summed E-state index contributed by atoms with van der Waals surface area (Å²) in [6.45, 7) is 0.922. The zero-order chi connectivity index (χ0) is 19.6. The summed E-state index contributed by atoms with van der Waals surface area (Å²) in [4.78, 5) is 24.6. The van der Waals surface area contributed by atoms with Crippen LogP contribution in [0.4, 0.5) is 0 Å². The number of esters is 1. The number of phenolic OH excluding ortho intramolecular Hbond substituents is 1. The minimum atomic E-state index is -0.871. The smallest absolute Gasteiger partial charge is 0.328 e. The molecule has 0 saturated heterocycles. The van der Waals surface area contributed by atoms with Crippen LogP contribution < -0.4 is 15.8 Å². The standard InChI is InChI=1S/C20H24N2O5.ClH/c1-26-20(25)17(12-14-6-3-2-4-7-14)22-19(24)16-9-8-15(13-18(16)23)27-11-5-10-21;/h2-4,6-9,13,17,23H,5,10-12,21H2,1H3,(H,22,24);1H/t17-;/m0./s1. The summed E-state index contributed by atoms with van der Waals surface area (Å²) in [6, 6.07) is 12.8. The van der Waals surface area contributed by atoms with E-state index in [2.05, 4.69) is 5.32 Å². The van der Waals surface area contributed by atoms with Gasteiger partial charge in [-0.15, -0.1) is 12.4 Å². The highest BCUT2D eigenvalue weighted by atomic mass is 35.5. The fourth-order valence-corrected chi connectivity index (χ4v) is 2.49. The van der Waals surface area contributed by atoms with Gasteiger partial charge in [0.15, 0.2) is 0 Å². The van der Waals surface area contributed by atoms with Gasteiger partial charge in [0.2, 0.25) is 0 Å². The third-order valence-corrected chi connectivity index (χ3v) is 3.90. The van der Waals surface area contributed by atoms with Crippen molar-refractivity contribution in [1.82, 2.24) is 5.32 Å². The van der Waals surface area contributed by atoms with Crippen LogP contribution in [-0.2, 0) is 16.0 Å². The number of benzene rings is 2. The number of phenols is 1. The lowest BCUT2D eigenvalue weighted by atomic mass is 10.1. The number of carbonyl (C=O) groups is 2. The number of hydrogen-bond donors (Lipinski definition) is 3. The lowest BCUT2D eigenvalue weighted by Gasteiger charge is -2.17. The fraction of sp³-hybridized carbons (Fsp3) is 0.300. The van der Waals surface area contributed by atoms with Gasteiger partial charge in [-0.05, 0) is 30.7 Å². The second kappa shape index (κ2) is 11.8. The lowest BCUT2D eigenvalue weighted by Crippen LogP contribution is -2.43. The number of nitrogens with two attached hydrogens (primary N) is 1. The van der Waals surface area contributed by atoms with Crippen LogP contribution in [0.25, 0.3) is 0 Å². The summed E-state index contributed by atoms with van der Waals surface area (Å²) in [7, 11) is 1.26. The molecule has 0 fully saturated rings. The van der Waals surface area contributed by atoms with E-state index < -0.39 is 17.9 Å². The van der Waals surface area contributed by atoms with E-state index in [1.807, 2.05) is 30.3 Å². The maximum absolute atomic E-state index is 12.5. The molecule has 0 heterocycles. The molecule has 7 nitrogen and oxygen atoms in total. The second-order valence-corrected chi connectivity index (χ2v) is 5.91. The molecule has 0 radical (unpaired) electrons. The normalized spacial score (nSPS) is 11.1. The molecule has 2 aromatic carbocycles. The average molecular weight is 409 g/mol. The maximum atomic E-state index is 12.5. The van der Waals surface area contributed by atoms with Crippen molar-refractivity contribution >= 4 is 24.3 Å². The Bertz CT molecular complexity index is 770. The Labute approximate surface area is 170 Å². The molecule has 28 heavy (non-hydrogen) atoms. The molecule has 1 atom stereocenters. The molecular formula is C20H25ClN2O5. The molecule has 4 N–H and O–H groups in total. The first-order valence-corrected chi connectivity index (χ1v) is 8.63. The van der Waals surface area contributed by atoms with E-state index in [4.69, 9.17) is 15.2 Å². The molecule has 0 aliphatic carbocycles. The minimum Gasteiger partial charge on any atom is -0.507 e. The van der Waals surface area contributed by atoms with Crippen LogP contribution in [0.15, 0.2) is 48.5 Å². The molecule has 8 heteroatoms. The number of halogens is 1. The molecule has 0 aliphatic rings. The van der Waals surface area contributed by atoms with Gasteiger partial charge in [0.1, 0.15) is 17.5 Å². The number of carbonyl (C=O) groups excluding carboxylic acids is 2. The number of ether oxygens (including phenoxy) is 2. The van der Waals surface area contributed by atoms with E-state index in [0.717, 1.165) is 5.56 Å². The second-order valence-electron chi connectivity index (χ2n) is 5.91. The third-order valence-electron chi connectivity index (χ3n) is 3.90. The van der Waals surface area contributed by atoms with Gasteiger partial charge >= 0.3 is 5.97 Å². The first-order valence-electron chi connectivity index (χ1n) is 8.63. The van der Waals surface area contributed by atoms with Crippen LogP contribution in [0, 0.1) is 0 Å². The quantitative estimate of drug-likeness (QED) is 0.432. The molecule has 2 rings (SSSR count). The van der Waals surface area contributed by atoms with Gasteiger partial charge in [-0.3, -0.25) is 4.79 Å².